The van der Waals surface area contributed by atoms with Crippen molar-refractivity contribution in [1.29, 1.82) is 0 Å². The van der Waals surface area contributed by atoms with E-state index in [0.29, 0.717) is 12.1 Å². The second-order valence-electron chi connectivity index (χ2n) is 4.93. The number of anilines is 1. The van der Waals surface area contributed by atoms with Gasteiger partial charge in [-0.3, -0.25) is 9.59 Å². The Hall–Kier alpha value is -1.56. The number of nitrogens with zero attached hydrogens (tertiary/aromatic N) is 1. The number of carbonyl (C=O) groups is 2. The van der Waals surface area contributed by atoms with Crippen LogP contribution in [0.2, 0.25) is 0 Å². The van der Waals surface area contributed by atoms with Crippen LogP contribution < -0.4 is 11.1 Å². The van der Waals surface area contributed by atoms with Crippen molar-refractivity contribution in [3.63, 3.8) is 0 Å². The molecule has 2 aliphatic rings. The predicted molar refractivity (Wildman–Crippen MR) is 74.5 cm³/mol. The van der Waals surface area contributed by atoms with Gasteiger partial charge in [0.15, 0.2) is 0 Å². The van der Waals surface area contributed by atoms with Crippen molar-refractivity contribution < 1.29 is 9.59 Å². The average molecular weight is 324 g/mol. The van der Waals surface area contributed by atoms with E-state index in [1.54, 1.807) is 11.0 Å². The Balaban J connectivity index is 2.02. The van der Waals surface area contributed by atoms with E-state index in [9.17, 15) is 9.59 Å². The number of halogens is 1. The highest BCUT2D eigenvalue weighted by atomic mass is 79.9. The van der Waals surface area contributed by atoms with Gasteiger partial charge >= 0.3 is 0 Å². The topological polar surface area (TPSA) is 75.4 Å². The minimum absolute atomic E-state index is 0.0361. The minimum atomic E-state index is -0.351. The maximum atomic E-state index is 12.5. The lowest BCUT2D eigenvalue weighted by molar-refractivity contribution is -0.124. The molecule has 2 aliphatic heterocycles. The molecule has 1 saturated heterocycles. The molecule has 1 aromatic carbocycles. The van der Waals surface area contributed by atoms with Gasteiger partial charge in [-0.25, -0.2) is 0 Å². The smallest absolute Gasteiger partial charge is 0.257 e. The molecule has 2 heterocycles. The first-order valence-electron chi connectivity index (χ1n) is 6.24. The van der Waals surface area contributed by atoms with Gasteiger partial charge in [-0.1, -0.05) is 15.9 Å². The quantitative estimate of drug-likeness (QED) is 0.823. The molecule has 0 bridgehead atoms. The molecule has 1 fully saturated rings. The summed E-state index contributed by atoms with van der Waals surface area (Å²) >= 11 is 3.37. The third-order valence-electron chi connectivity index (χ3n) is 3.77. The van der Waals surface area contributed by atoms with E-state index in [0.717, 1.165) is 23.0 Å². The molecular formula is C13H14BrN3O2. The van der Waals surface area contributed by atoms with Crippen LogP contribution in [0.4, 0.5) is 5.69 Å². The first-order chi connectivity index (χ1) is 9.08. The molecule has 0 radical (unpaired) electrons. The number of hydrogen-bond acceptors (Lipinski definition) is 3. The van der Waals surface area contributed by atoms with Crippen LogP contribution in [-0.2, 0) is 4.79 Å². The maximum absolute atomic E-state index is 12.5. The summed E-state index contributed by atoms with van der Waals surface area (Å²) in [5.74, 6) is -0.712. The number of piperidine rings is 1. The van der Waals surface area contributed by atoms with Crippen LogP contribution in [0.3, 0.4) is 0 Å². The molecule has 0 saturated carbocycles. The monoisotopic (exact) mass is 323 g/mol. The Bertz CT molecular complexity index is 561. The largest absolute Gasteiger partial charge is 0.369 e. The summed E-state index contributed by atoms with van der Waals surface area (Å²) in [4.78, 5) is 25.7. The van der Waals surface area contributed by atoms with Gasteiger partial charge in [0.25, 0.3) is 5.91 Å². The van der Waals surface area contributed by atoms with Gasteiger partial charge < -0.3 is 16.0 Å². The number of carbonyl (C=O) groups excluding carboxylic acids is 2. The first-order valence-corrected chi connectivity index (χ1v) is 7.03. The van der Waals surface area contributed by atoms with E-state index in [4.69, 9.17) is 5.73 Å². The Morgan fingerprint density at radius 1 is 1.47 bits per heavy atom. The predicted octanol–water partition coefficient (Wildman–Crippen LogP) is 1.54. The number of amides is 2. The van der Waals surface area contributed by atoms with Crippen molar-refractivity contribution in [3.8, 4) is 0 Å². The minimum Gasteiger partial charge on any atom is -0.369 e. The zero-order chi connectivity index (χ0) is 13.6. The van der Waals surface area contributed by atoms with Crippen LogP contribution in [0.5, 0.6) is 0 Å². The second-order valence-corrected chi connectivity index (χ2v) is 5.84. The summed E-state index contributed by atoms with van der Waals surface area (Å²) in [5, 5.41) is 3.27. The van der Waals surface area contributed by atoms with Crippen LogP contribution in [-0.4, -0.2) is 29.4 Å². The lowest BCUT2D eigenvalue weighted by Gasteiger charge is -2.44. The lowest BCUT2D eigenvalue weighted by atomic mass is 9.90. The van der Waals surface area contributed by atoms with E-state index in [2.05, 4.69) is 21.2 Å². The third kappa shape index (κ3) is 2.00. The average Bonchev–Trinajstić information content (AvgIpc) is 2.39. The number of nitrogens with one attached hydrogen (secondary N) is 1. The Morgan fingerprint density at radius 3 is 3.00 bits per heavy atom. The number of hydrogen-bond donors (Lipinski definition) is 2. The molecule has 100 valence electrons. The number of fused-ring (bicyclic) bond motifs is 2. The zero-order valence-corrected chi connectivity index (χ0v) is 11.8. The van der Waals surface area contributed by atoms with Crippen LogP contribution in [0.25, 0.3) is 0 Å². The van der Waals surface area contributed by atoms with Gasteiger partial charge in [-0.15, -0.1) is 0 Å². The fourth-order valence-electron chi connectivity index (χ4n) is 2.83. The molecule has 0 aromatic heterocycles. The van der Waals surface area contributed by atoms with E-state index < -0.39 is 0 Å². The number of nitrogens with two attached hydrogens (primary N) is 1. The number of rotatable bonds is 1. The fraction of sp³-hybridized carbons (Fsp3) is 0.385. The molecule has 19 heavy (non-hydrogen) atoms. The van der Waals surface area contributed by atoms with E-state index in [-0.39, 0.29) is 23.9 Å². The van der Waals surface area contributed by atoms with Gasteiger partial charge in [0.2, 0.25) is 5.91 Å². The highest BCUT2D eigenvalue weighted by Gasteiger charge is 2.41. The standard InChI is InChI=1S/C13H14BrN3O2/c14-7-3-4-10-9(6-7)13(19)17-5-1-2-8(11(15)18)12(17)16-10/h3-4,6,8,12,16H,1-2,5H2,(H2,15,18). The first kappa shape index (κ1) is 12.5. The zero-order valence-electron chi connectivity index (χ0n) is 10.2. The number of benzene rings is 1. The molecule has 6 heteroatoms. The van der Waals surface area contributed by atoms with Gasteiger partial charge in [-0.05, 0) is 31.0 Å². The van der Waals surface area contributed by atoms with Gasteiger partial charge in [-0.2, -0.15) is 0 Å². The maximum Gasteiger partial charge on any atom is 0.257 e. The summed E-state index contributed by atoms with van der Waals surface area (Å²) in [7, 11) is 0. The van der Waals surface area contributed by atoms with Crippen LogP contribution in [0, 0.1) is 5.92 Å². The molecule has 3 rings (SSSR count). The van der Waals surface area contributed by atoms with Crippen LogP contribution in [0.1, 0.15) is 23.2 Å². The second kappa shape index (κ2) is 4.52. The molecule has 2 unspecified atom stereocenters. The molecule has 0 spiro atoms. The highest BCUT2D eigenvalue weighted by molar-refractivity contribution is 9.10. The van der Waals surface area contributed by atoms with E-state index >= 15 is 0 Å². The van der Waals surface area contributed by atoms with Gasteiger partial charge in [0.1, 0.15) is 6.17 Å². The third-order valence-corrected chi connectivity index (χ3v) is 4.27. The van der Waals surface area contributed by atoms with E-state index in [1.165, 1.54) is 0 Å². The fourth-order valence-corrected chi connectivity index (χ4v) is 3.19. The van der Waals surface area contributed by atoms with Crippen molar-refractivity contribution in [2.45, 2.75) is 19.0 Å². The Morgan fingerprint density at radius 2 is 2.26 bits per heavy atom. The molecular weight excluding hydrogens is 310 g/mol. The molecule has 2 atom stereocenters. The normalized spacial score (nSPS) is 25.3. The van der Waals surface area contributed by atoms with Crippen molar-refractivity contribution in [2.75, 3.05) is 11.9 Å². The summed E-state index contributed by atoms with van der Waals surface area (Å²) in [6, 6.07) is 5.52. The van der Waals surface area contributed by atoms with Crippen LogP contribution >= 0.6 is 15.9 Å². The summed E-state index contributed by atoms with van der Waals surface area (Å²) in [5.41, 5.74) is 6.84. The van der Waals surface area contributed by atoms with Crippen LogP contribution in [0.15, 0.2) is 22.7 Å². The van der Waals surface area contributed by atoms with Crippen molar-refractivity contribution in [3.05, 3.63) is 28.2 Å². The molecule has 5 nitrogen and oxygen atoms in total. The molecule has 1 aromatic rings. The Kier molecular flexibility index (Phi) is 2.97. The lowest BCUT2D eigenvalue weighted by Crippen LogP contribution is -2.58. The highest BCUT2D eigenvalue weighted by Crippen LogP contribution is 2.34. The van der Waals surface area contributed by atoms with E-state index in [1.807, 2.05) is 12.1 Å². The molecule has 2 amide bonds. The van der Waals surface area contributed by atoms with Crippen molar-refractivity contribution in [2.24, 2.45) is 11.7 Å². The summed E-state index contributed by atoms with van der Waals surface area (Å²) < 4.78 is 0.864. The number of primary amides is 1. The van der Waals surface area contributed by atoms with Gasteiger partial charge in [0.05, 0.1) is 11.5 Å². The summed E-state index contributed by atoms with van der Waals surface area (Å²) in [6.45, 7) is 0.659. The van der Waals surface area contributed by atoms with Gasteiger partial charge in [0, 0.05) is 16.7 Å². The van der Waals surface area contributed by atoms with Crippen molar-refractivity contribution >= 4 is 33.4 Å². The Labute approximate surface area is 119 Å². The molecule has 3 N–H and O–H groups in total. The summed E-state index contributed by atoms with van der Waals surface area (Å²) in [6.07, 6.45) is 1.22. The molecule has 0 aliphatic carbocycles. The van der Waals surface area contributed by atoms with Crippen molar-refractivity contribution in [1.82, 2.24) is 4.90 Å². The SMILES string of the molecule is NC(=O)C1CCCN2C(=O)c3cc(Br)ccc3NC12.